The van der Waals surface area contributed by atoms with Gasteiger partial charge in [0.1, 0.15) is 0 Å². The van der Waals surface area contributed by atoms with Gasteiger partial charge in [0, 0.05) is 20.2 Å². The van der Waals surface area contributed by atoms with Gasteiger partial charge in [-0.05, 0) is 12.8 Å². The molecule has 4 heteroatoms. The highest BCUT2D eigenvalue weighted by atomic mass is 16.5. The van der Waals surface area contributed by atoms with Crippen molar-refractivity contribution in [1.82, 2.24) is 4.90 Å². The van der Waals surface area contributed by atoms with Gasteiger partial charge in [0.2, 0.25) is 5.91 Å². The standard InChI is InChI=1S/C10H22N2O2/c1-8(2)7-12(5-6-14-4)9(3)10(11)13/h8-9H,5-7H2,1-4H3,(H2,11,13). The molecule has 0 radical (unpaired) electrons. The topological polar surface area (TPSA) is 55.6 Å². The molecule has 0 aliphatic rings. The number of carbonyl (C=O) groups is 1. The SMILES string of the molecule is COCCN(CC(C)C)C(C)C(N)=O. The molecule has 2 N–H and O–H groups in total. The van der Waals surface area contributed by atoms with Crippen LogP contribution in [0.4, 0.5) is 0 Å². The number of methoxy groups -OCH3 is 1. The molecule has 4 nitrogen and oxygen atoms in total. The summed E-state index contributed by atoms with van der Waals surface area (Å²) >= 11 is 0. The zero-order valence-electron chi connectivity index (χ0n) is 9.62. The molecule has 1 unspecified atom stereocenters. The molecule has 0 rings (SSSR count). The molecule has 0 aromatic heterocycles. The molecular weight excluding hydrogens is 180 g/mol. The Kier molecular flexibility index (Phi) is 6.49. The fourth-order valence-corrected chi connectivity index (χ4v) is 1.30. The maximum atomic E-state index is 11.0. The first-order valence-corrected chi connectivity index (χ1v) is 5.01. The van der Waals surface area contributed by atoms with Crippen LogP contribution in [0.3, 0.4) is 0 Å². The molecule has 14 heavy (non-hydrogen) atoms. The molecule has 0 aliphatic heterocycles. The number of rotatable bonds is 7. The van der Waals surface area contributed by atoms with Crippen molar-refractivity contribution in [3.63, 3.8) is 0 Å². The van der Waals surface area contributed by atoms with E-state index in [2.05, 4.69) is 18.7 Å². The third-order valence-corrected chi connectivity index (χ3v) is 2.14. The summed E-state index contributed by atoms with van der Waals surface area (Å²) < 4.78 is 4.99. The van der Waals surface area contributed by atoms with Crippen LogP contribution < -0.4 is 5.73 Å². The molecule has 0 heterocycles. The third-order valence-electron chi connectivity index (χ3n) is 2.14. The van der Waals surface area contributed by atoms with Crippen LogP contribution in [-0.2, 0) is 9.53 Å². The van der Waals surface area contributed by atoms with Crippen molar-refractivity contribution in [3.05, 3.63) is 0 Å². The Hall–Kier alpha value is -0.610. The van der Waals surface area contributed by atoms with Gasteiger partial charge in [-0.25, -0.2) is 0 Å². The molecule has 84 valence electrons. The Morgan fingerprint density at radius 2 is 2.00 bits per heavy atom. The largest absolute Gasteiger partial charge is 0.383 e. The van der Waals surface area contributed by atoms with Gasteiger partial charge in [-0.2, -0.15) is 0 Å². The summed E-state index contributed by atoms with van der Waals surface area (Å²) in [5.41, 5.74) is 5.26. The fourth-order valence-electron chi connectivity index (χ4n) is 1.30. The van der Waals surface area contributed by atoms with Crippen molar-refractivity contribution in [2.45, 2.75) is 26.8 Å². The van der Waals surface area contributed by atoms with Crippen LogP contribution >= 0.6 is 0 Å². The summed E-state index contributed by atoms with van der Waals surface area (Å²) in [5, 5.41) is 0. The highest BCUT2D eigenvalue weighted by molar-refractivity contribution is 5.79. The molecule has 1 atom stereocenters. The Bertz CT molecular complexity index is 172. The highest BCUT2D eigenvalue weighted by Gasteiger charge is 2.18. The predicted octanol–water partition coefficient (Wildman–Crippen LogP) is 0.465. The molecule has 1 amide bonds. The van der Waals surface area contributed by atoms with E-state index in [0.717, 1.165) is 13.1 Å². The number of amides is 1. The molecule has 0 bridgehead atoms. The van der Waals surface area contributed by atoms with Crippen LogP contribution in [0.25, 0.3) is 0 Å². The third kappa shape index (κ3) is 5.19. The average Bonchev–Trinajstić information content (AvgIpc) is 2.10. The van der Waals surface area contributed by atoms with Crippen molar-refractivity contribution in [3.8, 4) is 0 Å². The molecule has 0 spiro atoms. The van der Waals surface area contributed by atoms with Crippen LogP contribution in [0.15, 0.2) is 0 Å². The predicted molar refractivity (Wildman–Crippen MR) is 56.9 cm³/mol. The van der Waals surface area contributed by atoms with Crippen LogP contribution in [0.1, 0.15) is 20.8 Å². The number of ether oxygens (including phenoxy) is 1. The minimum Gasteiger partial charge on any atom is -0.383 e. The van der Waals surface area contributed by atoms with Crippen LogP contribution in [0.5, 0.6) is 0 Å². The Balaban J connectivity index is 4.15. The number of nitrogens with zero attached hydrogens (tertiary/aromatic N) is 1. The second kappa shape index (κ2) is 6.79. The van der Waals surface area contributed by atoms with Crippen LogP contribution in [0.2, 0.25) is 0 Å². The highest BCUT2D eigenvalue weighted by Crippen LogP contribution is 2.03. The zero-order chi connectivity index (χ0) is 11.1. The van der Waals surface area contributed by atoms with E-state index in [1.165, 1.54) is 0 Å². The van der Waals surface area contributed by atoms with E-state index < -0.39 is 0 Å². The summed E-state index contributed by atoms with van der Waals surface area (Å²) in [6.07, 6.45) is 0. The van der Waals surface area contributed by atoms with Crippen LogP contribution in [0, 0.1) is 5.92 Å². The van der Waals surface area contributed by atoms with Gasteiger partial charge in [-0.3, -0.25) is 9.69 Å². The minimum absolute atomic E-state index is 0.215. The maximum Gasteiger partial charge on any atom is 0.234 e. The van der Waals surface area contributed by atoms with Crippen LogP contribution in [-0.4, -0.2) is 43.7 Å². The van der Waals surface area contributed by atoms with E-state index >= 15 is 0 Å². The monoisotopic (exact) mass is 202 g/mol. The van der Waals surface area contributed by atoms with Gasteiger partial charge in [0.05, 0.1) is 12.6 Å². The quantitative estimate of drug-likeness (QED) is 0.652. The van der Waals surface area contributed by atoms with Gasteiger partial charge in [0.25, 0.3) is 0 Å². The maximum absolute atomic E-state index is 11.0. The second-order valence-electron chi connectivity index (χ2n) is 3.96. The number of hydrogen-bond donors (Lipinski definition) is 1. The number of nitrogens with two attached hydrogens (primary N) is 1. The second-order valence-corrected chi connectivity index (χ2v) is 3.96. The summed E-state index contributed by atoms with van der Waals surface area (Å²) in [5.74, 6) is 0.246. The van der Waals surface area contributed by atoms with Gasteiger partial charge in [0.15, 0.2) is 0 Å². The molecule has 0 saturated carbocycles. The lowest BCUT2D eigenvalue weighted by atomic mass is 10.1. The molecule has 0 aromatic carbocycles. The fraction of sp³-hybridized carbons (Fsp3) is 0.900. The summed E-state index contributed by atoms with van der Waals surface area (Å²) in [4.78, 5) is 13.1. The lowest BCUT2D eigenvalue weighted by molar-refractivity contribution is -0.123. The van der Waals surface area contributed by atoms with E-state index in [1.807, 2.05) is 6.92 Å². The van der Waals surface area contributed by atoms with E-state index in [9.17, 15) is 4.79 Å². The van der Waals surface area contributed by atoms with Gasteiger partial charge in [-0.15, -0.1) is 0 Å². The number of carbonyl (C=O) groups excluding carboxylic acids is 1. The first kappa shape index (κ1) is 13.4. The Labute approximate surface area is 86.4 Å². The Morgan fingerprint density at radius 3 is 2.36 bits per heavy atom. The first-order chi connectivity index (χ1) is 6.49. The zero-order valence-corrected chi connectivity index (χ0v) is 9.62. The molecule has 0 fully saturated rings. The summed E-state index contributed by atoms with van der Waals surface area (Å²) in [6, 6.07) is -0.215. The molecular formula is C10H22N2O2. The number of primary amides is 1. The average molecular weight is 202 g/mol. The van der Waals surface area contributed by atoms with E-state index in [1.54, 1.807) is 7.11 Å². The van der Waals surface area contributed by atoms with Gasteiger partial charge >= 0.3 is 0 Å². The van der Waals surface area contributed by atoms with Crippen molar-refractivity contribution < 1.29 is 9.53 Å². The first-order valence-electron chi connectivity index (χ1n) is 5.01. The van der Waals surface area contributed by atoms with Gasteiger partial charge in [-0.1, -0.05) is 13.8 Å². The van der Waals surface area contributed by atoms with Crippen molar-refractivity contribution >= 4 is 5.91 Å². The lowest BCUT2D eigenvalue weighted by Gasteiger charge is -2.28. The summed E-state index contributed by atoms with van der Waals surface area (Å²) in [6.45, 7) is 8.32. The summed E-state index contributed by atoms with van der Waals surface area (Å²) in [7, 11) is 1.66. The Morgan fingerprint density at radius 1 is 1.43 bits per heavy atom. The molecule has 0 aliphatic carbocycles. The van der Waals surface area contributed by atoms with E-state index in [-0.39, 0.29) is 11.9 Å². The van der Waals surface area contributed by atoms with E-state index in [4.69, 9.17) is 10.5 Å². The minimum atomic E-state index is -0.276. The van der Waals surface area contributed by atoms with Crippen molar-refractivity contribution in [2.75, 3.05) is 26.8 Å². The smallest absolute Gasteiger partial charge is 0.234 e. The van der Waals surface area contributed by atoms with Crippen molar-refractivity contribution in [2.24, 2.45) is 11.7 Å². The normalized spacial score (nSPS) is 13.6. The number of hydrogen-bond acceptors (Lipinski definition) is 3. The van der Waals surface area contributed by atoms with Gasteiger partial charge < -0.3 is 10.5 Å². The van der Waals surface area contributed by atoms with Crippen molar-refractivity contribution in [1.29, 1.82) is 0 Å². The lowest BCUT2D eigenvalue weighted by Crippen LogP contribution is -2.45. The van der Waals surface area contributed by atoms with E-state index in [0.29, 0.717) is 12.5 Å². The molecule has 0 saturated heterocycles. The molecule has 0 aromatic rings.